The highest BCUT2D eigenvalue weighted by molar-refractivity contribution is 5.23. The van der Waals surface area contributed by atoms with E-state index < -0.39 is 17.7 Å². The molecular weight excluding hydrogens is 258 g/mol. The van der Waals surface area contributed by atoms with E-state index in [-0.39, 0.29) is 12.0 Å². The fraction of sp³-hybridized carbons (Fsp3) is 0.294. The van der Waals surface area contributed by atoms with Crippen molar-refractivity contribution in [2.45, 2.75) is 32.3 Å². The number of halogens is 2. The summed E-state index contributed by atoms with van der Waals surface area (Å²) in [7, 11) is 0. The minimum absolute atomic E-state index is 0.134. The lowest BCUT2D eigenvalue weighted by Gasteiger charge is -2.11. The monoisotopic (exact) mass is 276 g/mol. The van der Waals surface area contributed by atoms with E-state index in [1.54, 1.807) is 0 Å². The SMILES string of the molecule is Cc1cccc(CCC(O)Cc2cc(F)ccc2F)c1. The number of hydrogen-bond donors (Lipinski definition) is 1. The maximum atomic E-state index is 13.5. The van der Waals surface area contributed by atoms with Crippen molar-refractivity contribution < 1.29 is 13.9 Å². The molecule has 2 rings (SSSR count). The maximum absolute atomic E-state index is 13.5. The molecule has 0 aromatic heterocycles. The molecule has 0 radical (unpaired) electrons. The molecule has 2 aromatic carbocycles. The van der Waals surface area contributed by atoms with Gasteiger partial charge in [-0.1, -0.05) is 29.8 Å². The van der Waals surface area contributed by atoms with E-state index in [1.807, 2.05) is 25.1 Å². The number of benzene rings is 2. The molecular formula is C17H18F2O. The first-order chi connectivity index (χ1) is 9.54. The van der Waals surface area contributed by atoms with Crippen LogP contribution < -0.4 is 0 Å². The summed E-state index contributed by atoms with van der Waals surface area (Å²) in [6, 6.07) is 11.4. The van der Waals surface area contributed by atoms with Gasteiger partial charge in [0.1, 0.15) is 11.6 Å². The molecule has 1 unspecified atom stereocenters. The number of hydrogen-bond acceptors (Lipinski definition) is 1. The van der Waals surface area contributed by atoms with Crippen molar-refractivity contribution in [2.75, 3.05) is 0 Å². The van der Waals surface area contributed by atoms with Gasteiger partial charge in [0.05, 0.1) is 6.10 Å². The van der Waals surface area contributed by atoms with Gasteiger partial charge in [0.15, 0.2) is 0 Å². The summed E-state index contributed by atoms with van der Waals surface area (Å²) in [6.45, 7) is 2.02. The predicted molar refractivity (Wildman–Crippen MR) is 75.6 cm³/mol. The fourth-order valence-corrected chi connectivity index (χ4v) is 2.26. The molecule has 0 aliphatic heterocycles. The van der Waals surface area contributed by atoms with Crippen LogP contribution in [-0.2, 0) is 12.8 Å². The first-order valence-electron chi connectivity index (χ1n) is 6.72. The molecule has 0 aliphatic rings. The van der Waals surface area contributed by atoms with Gasteiger partial charge in [0.2, 0.25) is 0 Å². The molecule has 20 heavy (non-hydrogen) atoms. The van der Waals surface area contributed by atoms with Crippen molar-refractivity contribution in [3.63, 3.8) is 0 Å². The predicted octanol–water partition coefficient (Wildman–Crippen LogP) is 3.81. The lowest BCUT2D eigenvalue weighted by molar-refractivity contribution is 0.164. The van der Waals surface area contributed by atoms with Crippen molar-refractivity contribution in [3.05, 3.63) is 70.8 Å². The van der Waals surface area contributed by atoms with Crippen LogP contribution in [0.15, 0.2) is 42.5 Å². The average Bonchev–Trinajstić information content (AvgIpc) is 2.41. The zero-order chi connectivity index (χ0) is 14.5. The Kier molecular flexibility index (Phi) is 4.85. The Morgan fingerprint density at radius 1 is 1.10 bits per heavy atom. The van der Waals surface area contributed by atoms with Crippen molar-refractivity contribution in [2.24, 2.45) is 0 Å². The van der Waals surface area contributed by atoms with Gasteiger partial charge in [0.25, 0.3) is 0 Å². The van der Waals surface area contributed by atoms with E-state index in [0.717, 1.165) is 30.2 Å². The third-order valence-corrected chi connectivity index (χ3v) is 3.31. The van der Waals surface area contributed by atoms with Crippen LogP contribution >= 0.6 is 0 Å². The van der Waals surface area contributed by atoms with Crippen molar-refractivity contribution in [3.8, 4) is 0 Å². The molecule has 0 saturated heterocycles. The van der Waals surface area contributed by atoms with Crippen LogP contribution in [0.25, 0.3) is 0 Å². The topological polar surface area (TPSA) is 20.2 Å². The average molecular weight is 276 g/mol. The summed E-state index contributed by atoms with van der Waals surface area (Å²) >= 11 is 0. The third kappa shape index (κ3) is 4.14. The van der Waals surface area contributed by atoms with Gasteiger partial charge >= 0.3 is 0 Å². The summed E-state index contributed by atoms with van der Waals surface area (Å²) in [6.07, 6.45) is 0.709. The van der Waals surface area contributed by atoms with Gasteiger partial charge in [-0.2, -0.15) is 0 Å². The molecule has 0 saturated carbocycles. The highest BCUT2D eigenvalue weighted by Crippen LogP contribution is 2.15. The van der Waals surface area contributed by atoms with E-state index in [2.05, 4.69) is 6.07 Å². The summed E-state index contributed by atoms with van der Waals surface area (Å²) in [5, 5.41) is 9.96. The first-order valence-corrected chi connectivity index (χ1v) is 6.72. The Morgan fingerprint density at radius 2 is 1.90 bits per heavy atom. The number of aliphatic hydroxyl groups excluding tert-OH is 1. The highest BCUT2D eigenvalue weighted by Gasteiger charge is 2.11. The van der Waals surface area contributed by atoms with Crippen molar-refractivity contribution >= 4 is 0 Å². The molecule has 1 N–H and O–H groups in total. The lowest BCUT2D eigenvalue weighted by Crippen LogP contribution is -2.13. The van der Waals surface area contributed by atoms with E-state index in [9.17, 15) is 13.9 Å². The normalized spacial score (nSPS) is 12.4. The van der Waals surface area contributed by atoms with Crippen LogP contribution in [-0.4, -0.2) is 11.2 Å². The van der Waals surface area contributed by atoms with Gasteiger partial charge in [0, 0.05) is 6.42 Å². The smallest absolute Gasteiger partial charge is 0.126 e. The van der Waals surface area contributed by atoms with E-state index in [1.165, 1.54) is 5.56 Å². The highest BCUT2D eigenvalue weighted by atomic mass is 19.1. The second kappa shape index (κ2) is 6.62. The standard InChI is InChI=1S/C17H18F2O/c1-12-3-2-4-13(9-12)5-7-16(20)11-14-10-15(18)6-8-17(14)19/h2-4,6,8-10,16,20H,5,7,11H2,1H3. The molecule has 0 bridgehead atoms. The Bertz CT molecular complexity index is 581. The van der Waals surface area contributed by atoms with Gasteiger partial charge < -0.3 is 5.11 Å². The van der Waals surface area contributed by atoms with Crippen molar-refractivity contribution in [1.29, 1.82) is 0 Å². The Balaban J connectivity index is 1.92. The third-order valence-electron chi connectivity index (χ3n) is 3.31. The molecule has 0 aliphatic carbocycles. The fourth-order valence-electron chi connectivity index (χ4n) is 2.26. The quantitative estimate of drug-likeness (QED) is 0.880. The van der Waals surface area contributed by atoms with Crippen molar-refractivity contribution in [1.82, 2.24) is 0 Å². The second-order valence-electron chi connectivity index (χ2n) is 5.12. The Morgan fingerprint density at radius 3 is 2.65 bits per heavy atom. The number of aryl methyl sites for hydroxylation is 2. The molecule has 1 atom stereocenters. The maximum Gasteiger partial charge on any atom is 0.126 e. The van der Waals surface area contributed by atoms with Crippen LogP contribution in [0.2, 0.25) is 0 Å². The molecule has 2 aromatic rings. The first kappa shape index (κ1) is 14.7. The van der Waals surface area contributed by atoms with Gasteiger partial charge in [-0.15, -0.1) is 0 Å². The number of aliphatic hydroxyl groups is 1. The number of rotatable bonds is 5. The van der Waals surface area contributed by atoms with E-state index in [0.29, 0.717) is 6.42 Å². The van der Waals surface area contributed by atoms with Gasteiger partial charge in [-0.3, -0.25) is 0 Å². The van der Waals surface area contributed by atoms with E-state index >= 15 is 0 Å². The second-order valence-corrected chi connectivity index (χ2v) is 5.12. The van der Waals surface area contributed by atoms with Crippen LogP contribution in [0, 0.1) is 18.6 Å². The van der Waals surface area contributed by atoms with Gasteiger partial charge in [-0.25, -0.2) is 8.78 Å². The zero-order valence-electron chi connectivity index (χ0n) is 11.4. The van der Waals surface area contributed by atoms with E-state index in [4.69, 9.17) is 0 Å². The molecule has 0 heterocycles. The van der Waals surface area contributed by atoms with Crippen LogP contribution in [0.4, 0.5) is 8.78 Å². The van der Waals surface area contributed by atoms with Crippen LogP contribution in [0.1, 0.15) is 23.1 Å². The summed E-state index contributed by atoms with van der Waals surface area (Å²) in [4.78, 5) is 0. The summed E-state index contributed by atoms with van der Waals surface area (Å²) in [5.74, 6) is -0.951. The molecule has 3 heteroatoms. The van der Waals surface area contributed by atoms with Crippen LogP contribution in [0.3, 0.4) is 0 Å². The van der Waals surface area contributed by atoms with Crippen LogP contribution in [0.5, 0.6) is 0 Å². The Labute approximate surface area is 117 Å². The molecule has 1 nitrogen and oxygen atoms in total. The molecule has 0 spiro atoms. The largest absolute Gasteiger partial charge is 0.393 e. The molecule has 106 valence electrons. The molecule has 0 amide bonds. The zero-order valence-corrected chi connectivity index (χ0v) is 11.4. The summed E-state index contributed by atoms with van der Waals surface area (Å²) < 4.78 is 26.5. The Hall–Kier alpha value is -1.74. The summed E-state index contributed by atoms with van der Waals surface area (Å²) in [5.41, 5.74) is 2.54. The minimum Gasteiger partial charge on any atom is -0.393 e. The van der Waals surface area contributed by atoms with Gasteiger partial charge in [-0.05, 0) is 49.1 Å². The lowest BCUT2D eigenvalue weighted by atomic mass is 10.00. The minimum atomic E-state index is -0.674. The molecule has 0 fully saturated rings.